The van der Waals surface area contributed by atoms with E-state index in [1.165, 1.54) is 28.0 Å². The largest absolute Gasteiger partial charge is 0.486 e. The van der Waals surface area contributed by atoms with Crippen LogP contribution in [0.1, 0.15) is 45.0 Å². The van der Waals surface area contributed by atoms with Crippen LogP contribution in [0.2, 0.25) is 0 Å². The number of aryl methyl sites for hydroxylation is 1. The molecule has 8 nitrogen and oxygen atoms in total. The van der Waals surface area contributed by atoms with Crippen molar-refractivity contribution < 1.29 is 14.3 Å². The Morgan fingerprint density at radius 2 is 1.78 bits per heavy atom. The van der Waals surface area contributed by atoms with Crippen molar-refractivity contribution in [3.8, 4) is 5.75 Å². The molecule has 3 N–H and O–H groups in total. The number of carbonyl (C=O) groups is 2. The number of hydrogen-bond acceptors (Lipinski definition) is 7. The molecule has 0 atom stereocenters. The standard InChI is InChI=1S/C27H27N5O3S2/c33-23(17-36-27-29-22(31-32-27)16-35-19-11-5-2-6-12-19)30-26-24(20-13-7-8-14-21(20)37-26)25(34)28-15-18-9-3-1-4-10-18/h1-6,9-12H,7-8,13-17H2,(H,28,34)(H,30,33)(H,29,31,32). The number of benzene rings is 2. The Kier molecular flexibility index (Phi) is 8.17. The molecule has 0 radical (unpaired) electrons. The van der Waals surface area contributed by atoms with E-state index in [9.17, 15) is 9.59 Å². The van der Waals surface area contributed by atoms with E-state index in [0.717, 1.165) is 42.6 Å². The normalized spacial score (nSPS) is 12.5. The minimum absolute atomic E-state index is 0.129. The van der Waals surface area contributed by atoms with Crippen LogP contribution in [-0.2, 0) is 30.8 Å². The maximum atomic E-state index is 13.2. The molecule has 0 fully saturated rings. The topological polar surface area (TPSA) is 109 Å². The third-order valence-electron chi connectivity index (χ3n) is 5.91. The molecule has 5 rings (SSSR count). The fourth-order valence-corrected chi connectivity index (χ4v) is 6.05. The van der Waals surface area contributed by atoms with E-state index in [1.807, 2.05) is 60.7 Å². The Bertz CT molecular complexity index is 1360. The van der Waals surface area contributed by atoms with E-state index >= 15 is 0 Å². The highest BCUT2D eigenvalue weighted by molar-refractivity contribution is 7.99. The van der Waals surface area contributed by atoms with Gasteiger partial charge >= 0.3 is 0 Å². The van der Waals surface area contributed by atoms with Crippen molar-refractivity contribution >= 4 is 39.9 Å². The summed E-state index contributed by atoms with van der Waals surface area (Å²) in [6.45, 7) is 0.695. The highest BCUT2D eigenvalue weighted by Crippen LogP contribution is 2.38. The lowest BCUT2D eigenvalue weighted by Gasteiger charge is -2.13. The summed E-state index contributed by atoms with van der Waals surface area (Å²) in [5.41, 5.74) is 2.70. The molecular formula is C27H27N5O3S2. The Labute approximate surface area is 223 Å². The lowest BCUT2D eigenvalue weighted by atomic mass is 9.95. The minimum Gasteiger partial charge on any atom is -0.486 e. The zero-order valence-electron chi connectivity index (χ0n) is 20.2. The van der Waals surface area contributed by atoms with Crippen LogP contribution in [0.4, 0.5) is 5.00 Å². The molecule has 1 aliphatic carbocycles. The zero-order chi connectivity index (χ0) is 25.5. The van der Waals surface area contributed by atoms with Crippen molar-refractivity contribution in [2.75, 3.05) is 11.1 Å². The number of carbonyl (C=O) groups excluding carboxylic acids is 2. The molecule has 1 aliphatic rings. The fourth-order valence-electron chi connectivity index (χ4n) is 4.13. The van der Waals surface area contributed by atoms with Crippen LogP contribution >= 0.6 is 23.1 Å². The molecule has 2 aromatic carbocycles. The summed E-state index contributed by atoms with van der Waals surface area (Å²) >= 11 is 2.74. The van der Waals surface area contributed by atoms with Crippen LogP contribution in [0.3, 0.4) is 0 Å². The summed E-state index contributed by atoms with van der Waals surface area (Å²) in [5, 5.41) is 14.1. The number of aromatic nitrogens is 3. The first-order valence-electron chi connectivity index (χ1n) is 12.1. The number of fused-ring (bicyclic) bond motifs is 1. The van der Waals surface area contributed by atoms with Crippen molar-refractivity contribution in [3.05, 3.63) is 88.1 Å². The molecule has 2 amide bonds. The molecular weight excluding hydrogens is 506 g/mol. The summed E-state index contributed by atoms with van der Waals surface area (Å²) in [6, 6.07) is 19.3. The average molecular weight is 534 g/mol. The van der Waals surface area contributed by atoms with Crippen LogP contribution in [0.5, 0.6) is 5.75 Å². The number of para-hydroxylation sites is 1. The van der Waals surface area contributed by atoms with Crippen molar-refractivity contribution in [1.29, 1.82) is 0 Å². The van der Waals surface area contributed by atoms with Gasteiger partial charge < -0.3 is 15.4 Å². The van der Waals surface area contributed by atoms with Gasteiger partial charge in [-0.05, 0) is 48.9 Å². The molecule has 4 aromatic rings. The summed E-state index contributed by atoms with van der Waals surface area (Å²) in [6.07, 6.45) is 3.94. The highest BCUT2D eigenvalue weighted by Gasteiger charge is 2.26. The van der Waals surface area contributed by atoms with E-state index in [2.05, 4.69) is 25.8 Å². The maximum Gasteiger partial charge on any atom is 0.254 e. The SMILES string of the molecule is O=C(CSc1n[nH]c(COc2ccccc2)n1)Nc1sc2c(c1C(=O)NCc1ccccc1)CCCC2. The Balaban J connectivity index is 1.19. The summed E-state index contributed by atoms with van der Waals surface area (Å²) < 4.78 is 5.67. The monoisotopic (exact) mass is 533 g/mol. The van der Waals surface area contributed by atoms with Gasteiger partial charge in [-0.15, -0.1) is 16.4 Å². The van der Waals surface area contributed by atoms with Crippen molar-refractivity contribution in [3.63, 3.8) is 0 Å². The maximum absolute atomic E-state index is 13.2. The van der Waals surface area contributed by atoms with Gasteiger partial charge in [0, 0.05) is 11.4 Å². The van der Waals surface area contributed by atoms with Gasteiger partial charge in [0.1, 0.15) is 17.4 Å². The molecule has 0 saturated carbocycles. The molecule has 0 aliphatic heterocycles. The number of thiophene rings is 1. The third kappa shape index (κ3) is 6.58. The smallest absolute Gasteiger partial charge is 0.254 e. The van der Waals surface area contributed by atoms with Gasteiger partial charge in [-0.3, -0.25) is 14.7 Å². The van der Waals surface area contributed by atoms with Crippen LogP contribution in [0.25, 0.3) is 0 Å². The van der Waals surface area contributed by atoms with E-state index in [1.54, 1.807) is 0 Å². The summed E-state index contributed by atoms with van der Waals surface area (Å²) in [7, 11) is 0. The lowest BCUT2D eigenvalue weighted by molar-refractivity contribution is -0.113. The summed E-state index contributed by atoms with van der Waals surface area (Å²) in [5.74, 6) is 1.10. The molecule has 190 valence electrons. The van der Waals surface area contributed by atoms with Gasteiger partial charge in [-0.1, -0.05) is 60.3 Å². The number of ether oxygens (including phenoxy) is 1. The molecule has 2 heterocycles. The summed E-state index contributed by atoms with van der Waals surface area (Å²) in [4.78, 5) is 31.6. The van der Waals surface area contributed by atoms with E-state index in [0.29, 0.717) is 28.1 Å². The second-order valence-corrected chi connectivity index (χ2v) is 10.6. The Morgan fingerprint density at radius 1 is 1.03 bits per heavy atom. The predicted molar refractivity (Wildman–Crippen MR) is 145 cm³/mol. The number of H-pyrrole nitrogens is 1. The minimum atomic E-state index is -0.201. The molecule has 37 heavy (non-hydrogen) atoms. The molecule has 0 bridgehead atoms. The highest BCUT2D eigenvalue weighted by atomic mass is 32.2. The number of nitrogens with zero attached hydrogens (tertiary/aromatic N) is 2. The number of nitrogens with one attached hydrogen (secondary N) is 3. The molecule has 10 heteroatoms. The second kappa shape index (κ2) is 12.1. The van der Waals surface area contributed by atoms with Crippen molar-refractivity contribution in [1.82, 2.24) is 20.5 Å². The van der Waals surface area contributed by atoms with E-state index < -0.39 is 0 Å². The zero-order valence-corrected chi connectivity index (χ0v) is 21.8. The molecule has 0 unspecified atom stereocenters. The van der Waals surface area contributed by atoms with Crippen molar-refractivity contribution in [2.24, 2.45) is 0 Å². The third-order valence-corrected chi connectivity index (χ3v) is 7.96. The van der Waals surface area contributed by atoms with Crippen LogP contribution < -0.4 is 15.4 Å². The molecule has 0 spiro atoms. The lowest BCUT2D eigenvalue weighted by Crippen LogP contribution is -2.25. The van der Waals surface area contributed by atoms with E-state index in [4.69, 9.17) is 4.74 Å². The van der Waals surface area contributed by atoms with Gasteiger partial charge in [-0.2, -0.15) is 0 Å². The Hall–Kier alpha value is -3.63. The number of amides is 2. The first-order valence-corrected chi connectivity index (χ1v) is 13.9. The Morgan fingerprint density at radius 3 is 2.59 bits per heavy atom. The number of anilines is 1. The van der Waals surface area contributed by atoms with Gasteiger partial charge in [0.25, 0.3) is 5.91 Å². The van der Waals surface area contributed by atoms with Gasteiger partial charge in [0.05, 0.1) is 11.3 Å². The van der Waals surface area contributed by atoms with E-state index in [-0.39, 0.29) is 24.2 Å². The van der Waals surface area contributed by atoms with Crippen LogP contribution in [-0.4, -0.2) is 32.7 Å². The first-order chi connectivity index (χ1) is 18.2. The van der Waals surface area contributed by atoms with Crippen LogP contribution in [0, 0.1) is 0 Å². The second-order valence-electron chi connectivity index (χ2n) is 8.59. The number of thioether (sulfide) groups is 1. The molecule has 2 aromatic heterocycles. The first kappa shape index (κ1) is 25.0. The fraction of sp³-hybridized carbons (Fsp3) is 0.259. The predicted octanol–water partition coefficient (Wildman–Crippen LogP) is 4.98. The average Bonchev–Trinajstić information content (AvgIpc) is 3.54. The molecule has 0 saturated heterocycles. The number of hydrogen-bond donors (Lipinski definition) is 3. The van der Waals surface area contributed by atoms with Gasteiger partial charge in [0.2, 0.25) is 11.1 Å². The number of aromatic amines is 1. The van der Waals surface area contributed by atoms with Crippen molar-refractivity contribution in [2.45, 2.75) is 44.0 Å². The number of rotatable bonds is 10. The quantitative estimate of drug-likeness (QED) is 0.248. The van der Waals surface area contributed by atoms with Crippen LogP contribution in [0.15, 0.2) is 65.8 Å². The van der Waals surface area contributed by atoms with Gasteiger partial charge in [-0.25, -0.2) is 4.98 Å². The van der Waals surface area contributed by atoms with Gasteiger partial charge in [0.15, 0.2) is 5.82 Å².